The van der Waals surface area contributed by atoms with E-state index >= 15 is 0 Å². The molecule has 4 nitrogen and oxygen atoms in total. The van der Waals surface area contributed by atoms with Gasteiger partial charge < -0.3 is 10.3 Å². The van der Waals surface area contributed by atoms with E-state index in [2.05, 4.69) is 9.97 Å². The monoisotopic (exact) mass is 224 g/mol. The van der Waals surface area contributed by atoms with E-state index < -0.39 is 0 Å². The molecule has 2 N–H and O–H groups in total. The van der Waals surface area contributed by atoms with Crippen LogP contribution in [0.2, 0.25) is 0 Å². The molecule has 0 unspecified atom stereocenters. The van der Waals surface area contributed by atoms with Crippen molar-refractivity contribution in [3.63, 3.8) is 0 Å². The summed E-state index contributed by atoms with van der Waals surface area (Å²) in [5, 5.41) is 1.04. The van der Waals surface area contributed by atoms with Crippen LogP contribution in [-0.4, -0.2) is 14.5 Å². The Labute approximate surface area is 98.7 Å². The van der Waals surface area contributed by atoms with E-state index in [1.807, 2.05) is 42.0 Å². The van der Waals surface area contributed by atoms with Crippen LogP contribution in [0.25, 0.3) is 16.6 Å². The summed E-state index contributed by atoms with van der Waals surface area (Å²) >= 11 is 0. The predicted molar refractivity (Wildman–Crippen MR) is 68.0 cm³/mol. The van der Waals surface area contributed by atoms with E-state index in [-0.39, 0.29) is 0 Å². The minimum Gasteiger partial charge on any atom is -0.399 e. The van der Waals surface area contributed by atoms with Gasteiger partial charge in [0.25, 0.3) is 0 Å². The lowest BCUT2D eigenvalue weighted by molar-refractivity contribution is 1.06. The summed E-state index contributed by atoms with van der Waals surface area (Å²) < 4.78 is 1.97. The highest BCUT2D eigenvalue weighted by molar-refractivity contribution is 5.89. The summed E-state index contributed by atoms with van der Waals surface area (Å²) in [6, 6.07) is 7.78. The van der Waals surface area contributed by atoms with Crippen molar-refractivity contribution in [2.45, 2.75) is 6.92 Å². The summed E-state index contributed by atoms with van der Waals surface area (Å²) in [5.41, 5.74) is 9.55. The lowest BCUT2D eigenvalue weighted by atomic mass is 10.1. The van der Waals surface area contributed by atoms with Crippen molar-refractivity contribution in [3.05, 3.63) is 48.7 Å². The number of anilines is 1. The molecule has 2 heterocycles. The maximum atomic E-state index is 5.83. The number of aromatic nitrogens is 3. The van der Waals surface area contributed by atoms with Crippen LogP contribution < -0.4 is 5.73 Å². The van der Waals surface area contributed by atoms with E-state index in [0.717, 1.165) is 28.0 Å². The molecule has 0 aliphatic carbocycles. The number of nitrogens with zero attached hydrogens (tertiary/aromatic N) is 3. The van der Waals surface area contributed by atoms with Gasteiger partial charge in [-0.3, -0.25) is 4.98 Å². The maximum Gasteiger partial charge on any atom is 0.0991 e. The number of nitrogen functional groups attached to an aromatic ring is 1. The Morgan fingerprint density at radius 3 is 2.88 bits per heavy atom. The summed E-state index contributed by atoms with van der Waals surface area (Å²) in [5.74, 6) is 0. The molecule has 0 bridgehead atoms. The van der Waals surface area contributed by atoms with Gasteiger partial charge in [0, 0.05) is 29.2 Å². The van der Waals surface area contributed by atoms with Crippen LogP contribution in [0, 0.1) is 6.92 Å². The third kappa shape index (κ3) is 1.63. The molecule has 0 spiro atoms. The minimum atomic E-state index is 0.740. The Hall–Kier alpha value is -2.36. The van der Waals surface area contributed by atoms with Gasteiger partial charge in [-0.1, -0.05) is 0 Å². The highest BCUT2D eigenvalue weighted by Gasteiger charge is 2.05. The van der Waals surface area contributed by atoms with E-state index in [1.165, 1.54) is 0 Å². The van der Waals surface area contributed by atoms with Crippen molar-refractivity contribution < 1.29 is 0 Å². The lowest BCUT2D eigenvalue weighted by Crippen LogP contribution is -1.96. The van der Waals surface area contributed by atoms with Gasteiger partial charge >= 0.3 is 0 Å². The van der Waals surface area contributed by atoms with Gasteiger partial charge in [0.2, 0.25) is 0 Å². The fourth-order valence-electron chi connectivity index (χ4n) is 1.97. The molecular formula is C13H12N4. The zero-order valence-electron chi connectivity index (χ0n) is 9.46. The molecule has 0 saturated heterocycles. The van der Waals surface area contributed by atoms with Crippen molar-refractivity contribution in [2.24, 2.45) is 0 Å². The minimum absolute atomic E-state index is 0.740. The molecule has 0 saturated carbocycles. The molecule has 3 rings (SSSR count). The normalized spacial score (nSPS) is 10.9. The molecule has 0 atom stereocenters. The van der Waals surface area contributed by atoms with Crippen LogP contribution in [0.15, 0.2) is 43.0 Å². The molecule has 0 fully saturated rings. The zero-order chi connectivity index (χ0) is 11.8. The van der Waals surface area contributed by atoms with E-state index in [4.69, 9.17) is 5.73 Å². The third-order valence-electron chi connectivity index (χ3n) is 2.72. The average Bonchev–Trinajstić information content (AvgIpc) is 2.82. The smallest absolute Gasteiger partial charge is 0.0991 e. The Balaban J connectivity index is 2.39. The average molecular weight is 224 g/mol. The highest BCUT2D eigenvalue weighted by atomic mass is 15.0. The Morgan fingerprint density at radius 2 is 2.12 bits per heavy atom. The van der Waals surface area contributed by atoms with Crippen molar-refractivity contribution in [1.29, 1.82) is 0 Å². The Morgan fingerprint density at radius 1 is 1.24 bits per heavy atom. The van der Waals surface area contributed by atoms with Crippen LogP contribution >= 0.6 is 0 Å². The number of hydrogen-bond donors (Lipinski definition) is 1. The Kier molecular flexibility index (Phi) is 2.08. The molecule has 0 radical (unpaired) electrons. The second-order valence-electron chi connectivity index (χ2n) is 4.03. The second kappa shape index (κ2) is 3.59. The maximum absolute atomic E-state index is 5.83. The fourth-order valence-corrected chi connectivity index (χ4v) is 1.97. The number of nitrogens with two attached hydrogens (primary N) is 1. The molecule has 1 aromatic carbocycles. The quantitative estimate of drug-likeness (QED) is 0.645. The molecule has 2 aromatic heterocycles. The molecule has 3 aromatic rings. The first-order chi connectivity index (χ1) is 8.24. The second-order valence-corrected chi connectivity index (χ2v) is 4.03. The molecule has 4 heteroatoms. The van der Waals surface area contributed by atoms with Gasteiger partial charge in [-0.25, -0.2) is 4.98 Å². The number of rotatable bonds is 1. The first-order valence-electron chi connectivity index (χ1n) is 5.39. The molecular weight excluding hydrogens is 212 g/mol. The largest absolute Gasteiger partial charge is 0.399 e. The summed E-state index contributed by atoms with van der Waals surface area (Å²) in [7, 11) is 0. The van der Waals surface area contributed by atoms with Crippen molar-refractivity contribution in [1.82, 2.24) is 14.5 Å². The lowest BCUT2D eigenvalue weighted by Gasteiger charge is -2.09. The van der Waals surface area contributed by atoms with Crippen molar-refractivity contribution in [3.8, 4) is 5.69 Å². The van der Waals surface area contributed by atoms with E-state index in [1.54, 1.807) is 12.5 Å². The van der Waals surface area contributed by atoms with Crippen molar-refractivity contribution >= 4 is 16.6 Å². The topological polar surface area (TPSA) is 56.7 Å². The van der Waals surface area contributed by atoms with Crippen LogP contribution in [0.3, 0.4) is 0 Å². The van der Waals surface area contributed by atoms with Crippen LogP contribution in [-0.2, 0) is 0 Å². The number of imidazole rings is 1. The van der Waals surface area contributed by atoms with Gasteiger partial charge in [0.05, 0.1) is 17.5 Å². The number of pyridine rings is 1. The van der Waals surface area contributed by atoms with Crippen LogP contribution in [0.4, 0.5) is 5.69 Å². The number of benzene rings is 1. The van der Waals surface area contributed by atoms with Gasteiger partial charge in [0.15, 0.2) is 0 Å². The first kappa shape index (κ1) is 9.84. The molecule has 0 aliphatic heterocycles. The van der Waals surface area contributed by atoms with Crippen LogP contribution in [0.5, 0.6) is 0 Å². The summed E-state index contributed by atoms with van der Waals surface area (Å²) in [6.07, 6.45) is 5.45. The number of fused-ring (bicyclic) bond motifs is 1. The van der Waals surface area contributed by atoms with Gasteiger partial charge in [-0.2, -0.15) is 0 Å². The predicted octanol–water partition coefficient (Wildman–Crippen LogP) is 2.31. The number of hydrogen-bond acceptors (Lipinski definition) is 3. The van der Waals surface area contributed by atoms with Crippen LogP contribution in [0.1, 0.15) is 5.69 Å². The molecule has 17 heavy (non-hydrogen) atoms. The van der Waals surface area contributed by atoms with E-state index in [9.17, 15) is 0 Å². The standard InChI is InChI=1S/C13H12N4/c1-9-6-13(17-5-4-15-8-17)11-7-10(14)2-3-12(11)16-9/h2-8H,14H2,1H3. The summed E-state index contributed by atoms with van der Waals surface area (Å²) in [6.45, 7) is 1.98. The SMILES string of the molecule is Cc1cc(-n2ccnc2)c2cc(N)ccc2n1. The highest BCUT2D eigenvalue weighted by Crippen LogP contribution is 2.23. The number of aryl methyl sites for hydroxylation is 1. The molecule has 0 amide bonds. The fraction of sp³-hybridized carbons (Fsp3) is 0.0769. The van der Waals surface area contributed by atoms with Crippen molar-refractivity contribution in [2.75, 3.05) is 5.73 Å². The van der Waals surface area contributed by atoms with E-state index in [0.29, 0.717) is 0 Å². The first-order valence-corrected chi connectivity index (χ1v) is 5.39. The Bertz CT molecular complexity index is 671. The molecule has 84 valence electrons. The van der Waals surface area contributed by atoms with Gasteiger partial charge in [-0.05, 0) is 31.2 Å². The summed E-state index contributed by atoms with van der Waals surface area (Å²) in [4.78, 5) is 8.57. The molecule has 0 aliphatic rings. The van der Waals surface area contributed by atoms with Gasteiger partial charge in [-0.15, -0.1) is 0 Å². The van der Waals surface area contributed by atoms with Gasteiger partial charge in [0.1, 0.15) is 0 Å². The third-order valence-corrected chi connectivity index (χ3v) is 2.72. The zero-order valence-corrected chi connectivity index (χ0v) is 9.46.